The Kier molecular flexibility index (Phi) is 5.27. The van der Waals surface area contributed by atoms with E-state index in [0.717, 1.165) is 5.56 Å². The standard InChI is InChI=1S/C17H18N2O3/c18-17(22)14-8-6-12(7-9-14)11-19-16(21)10-15(20)13-4-2-1-3-5-13/h1-9,15,20H,10-11H2,(H2,18,22)(H,19,21). The van der Waals surface area contributed by atoms with Crippen LogP contribution in [0.2, 0.25) is 0 Å². The largest absolute Gasteiger partial charge is 0.388 e. The third-order valence-corrected chi connectivity index (χ3v) is 3.29. The molecule has 114 valence electrons. The Bertz CT molecular complexity index is 639. The summed E-state index contributed by atoms with van der Waals surface area (Å²) in [6, 6.07) is 15.7. The Morgan fingerprint density at radius 3 is 2.27 bits per heavy atom. The van der Waals surface area contributed by atoms with Crippen LogP contribution in [0, 0.1) is 0 Å². The normalized spacial score (nSPS) is 11.7. The Hall–Kier alpha value is -2.66. The fraction of sp³-hybridized carbons (Fsp3) is 0.176. The summed E-state index contributed by atoms with van der Waals surface area (Å²) >= 11 is 0. The van der Waals surface area contributed by atoms with Crippen molar-refractivity contribution in [3.05, 3.63) is 71.3 Å². The zero-order valence-electron chi connectivity index (χ0n) is 12.0. The molecule has 0 saturated heterocycles. The summed E-state index contributed by atoms with van der Waals surface area (Å²) in [5.74, 6) is -0.725. The molecule has 0 heterocycles. The topological polar surface area (TPSA) is 92.4 Å². The first-order chi connectivity index (χ1) is 10.6. The van der Waals surface area contributed by atoms with Crippen molar-refractivity contribution in [3.63, 3.8) is 0 Å². The fourth-order valence-electron chi connectivity index (χ4n) is 2.03. The lowest BCUT2D eigenvalue weighted by atomic mass is 10.1. The van der Waals surface area contributed by atoms with Gasteiger partial charge in [-0.2, -0.15) is 0 Å². The van der Waals surface area contributed by atoms with E-state index in [1.165, 1.54) is 0 Å². The van der Waals surface area contributed by atoms with Crippen LogP contribution < -0.4 is 11.1 Å². The van der Waals surface area contributed by atoms with Gasteiger partial charge in [-0.25, -0.2) is 0 Å². The summed E-state index contributed by atoms with van der Waals surface area (Å²) in [6.45, 7) is 0.333. The Balaban J connectivity index is 1.83. The fourth-order valence-corrected chi connectivity index (χ4v) is 2.03. The van der Waals surface area contributed by atoms with E-state index in [1.807, 2.05) is 18.2 Å². The van der Waals surface area contributed by atoms with Gasteiger partial charge in [0.1, 0.15) is 0 Å². The van der Waals surface area contributed by atoms with Crippen LogP contribution in [0.3, 0.4) is 0 Å². The number of aliphatic hydroxyl groups excluding tert-OH is 1. The van der Waals surface area contributed by atoms with Crippen LogP contribution in [0.15, 0.2) is 54.6 Å². The van der Waals surface area contributed by atoms with Crippen molar-refractivity contribution in [2.75, 3.05) is 0 Å². The number of hydrogen-bond donors (Lipinski definition) is 3. The van der Waals surface area contributed by atoms with E-state index in [4.69, 9.17) is 5.73 Å². The van der Waals surface area contributed by atoms with E-state index in [1.54, 1.807) is 36.4 Å². The van der Waals surface area contributed by atoms with E-state index in [2.05, 4.69) is 5.32 Å². The highest BCUT2D eigenvalue weighted by Crippen LogP contribution is 2.15. The van der Waals surface area contributed by atoms with Crippen molar-refractivity contribution in [1.29, 1.82) is 0 Å². The first-order valence-electron chi connectivity index (χ1n) is 6.94. The van der Waals surface area contributed by atoms with Crippen LogP contribution in [-0.2, 0) is 11.3 Å². The van der Waals surface area contributed by atoms with Gasteiger partial charge in [0.15, 0.2) is 0 Å². The number of amides is 2. The number of nitrogens with two attached hydrogens (primary N) is 1. The maximum atomic E-state index is 11.8. The van der Waals surface area contributed by atoms with Crippen molar-refractivity contribution in [2.45, 2.75) is 19.1 Å². The summed E-state index contributed by atoms with van der Waals surface area (Å²) in [5.41, 5.74) is 7.15. The molecule has 0 aliphatic heterocycles. The minimum absolute atomic E-state index is 0.00336. The number of rotatable bonds is 6. The highest BCUT2D eigenvalue weighted by Gasteiger charge is 2.12. The van der Waals surface area contributed by atoms with Crippen molar-refractivity contribution >= 4 is 11.8 Å². The van der Waals surface area contributed by atoms with Gasteiger partial charge >= 0.3 is 0 Å². The van der Waals surface area contributed by atoms with Gasteiger partial charge in [-0.3, -0.25) is 9.59 Å². The number of nitrogens with one attached hydrogen (secondary N) is 1. The number of aliphatic hydroxyl groups is 1. The SMILES string of the molecule is NC(=O)c1ccc(CNC(=O)CC(O)c2ccccc2)cc1. The zero-order valence-corrected chi connectivity index (χ0v) is 12.0. The highest BCUT2D eigenvalue weighted by molar-refractivity contribution is 5.92. The summed E-state index contributed by atoms with van der Waals surface area (Å²) in [4.78, 5) is 22.8. The summed E-state index contributed by atoms with van der Waals surface area (Å²) in [5, 5.41) is 12.7. The molecule has 2 amide bonds. The molecule has 0 radical (unpaired) electrons. The maximum Gasteiger partial charge on any atom is 0.248 e. The molecule has 22 heavy (non-hydrogen) atoms. The molecule has 5 heteroatoms. The lowest BCUT2D eigenvalue weighted by Gasteiger charge is -2.11. The number of benzene rings is 2. The zero-order chi connectivity index (χ0) is 15.9. The quantitative estimate of drug-likeness (QED) is 0.755. The molecule has 0 spiro atoms. The average Bonchev–Trinajstić information content (AvgIpc) is 2.54. The summed E-state index contributed by atoms with van der Waals surface area (Å²) in [7, 11) is 0. The second kappa shape index (κ2) is 7.38. The van der Waals surface area contributed by atoms with Gasteiger partial charge in [0.25, 0.3) is 0 Å². The molecule has 2 aromatic rings. The van der Waals surface area contributed by atoms with Crippen LogP contribution in [0.4, 0.5) is 0 Å². The molecule has 0 aromatic heterocycles. The predicted molar refractivity (Wildman–Crippen MR) is 82.8 cm³/mol. The summed E-state index contributed by atoms with van der Waals surface area (Å²) in [6.07, 6.45) is -0.818. The molecule has 0 saturated carbocycles. The molecule has 1 atom stereocenters. The average molecular weight is 298 g/mol. The van der Waals surface area contributed by atoms with Crippen molar-refractivity contribution in [1.82, 2.24) is 5.32 Å². The molecule has 0 bridgehead atoms. The molecule has 0 aliphatic rings. The van der Waals surface area contributed by atoms with Gasteiger partial charge in [0.2, 0.25) is 11.8 Å². The highest BCUT2D eigenvalue weighted by atomic mass is 16.3. The van der Waals surface area contributed by atoms with Crippen LogP contribution in [0.1, 0.15) is 34.0 Å². The lowest BCUT2D eigenvalue weighted by Crippen LogP contribution is -2.24. The maximum absolute atomic E-state index is 11.8. The first kappa shape index (κ1) is 15.7. The smallest absolute Gasteiger partial charge is 0.248 e. The molecule has 2 aromatic carbocycles. The Labute approximate surface area is 128 Å². The van der Waals surface area contributed by atoms with Gasteiger partial charge in [-0.05, 0) is 23.3 Å². The molecule has 0 fully saturated rings. The van der Waals surface area contributed by atoms with Gasteiger partial charge in [-0.1, -0.05) is 42.5 Å². The minimum atomic E-state index is -0.821. The molecule has 1 unspecified atom stereocenters. The molecular formula is C17H18N2O3. The lowest BCUT2D eigenvalue weighted by molar-refractivity contribution is -0.123. The van der Waals surface area contributed by atoms with E-state index in [0.29, 0.717) is 17.7 Å². The van der Waals surface area contributed by atoms with Crippen molar-refractivity contribution in [3.8, 4) is 0 Å². The van der Waals surface area contributed by atoms with Gasteiger partial charge in [0.05, 0.1) is 12.5 Å². The summed E-state index contributed by atoms with van der Waals surface area (Å²) < 4.78 is 0. The second-order valence-corrected chi connectivity index (χ2v) is 4.97. The van der Waals surface area contributed by atoms with Gasteiger partial charge in [-0.15, -0.1) is 0 Å². The van der Waals surface area contributed by atoms with E-state index in [9.17, 15) is 14.7 Å². The molecule has 5 nitrogen and oxygen atoms in total. The van der Waals surface area contributed by atoms with Gasteiger partial charge < -0.3 is 16.2 Å². The third kappa shape index (κ3) is 4.43. The monoisotopic (exact) mass is 298 g/mol. The number of primary amides is 1. The van der Waals surface area contributed by atoms with Crippen LogP contribution in [0.5, 0.6) is 0 Å². The van der Waals surface area contributed by atoms with Crippen molar-refractivity contribution in [2.24, 2.45) is 5.73 Å². The Morgan fingerprint density at radius 1 is 1.05 bits per heavy atom. The molecule has 4 N–H and O–H groups in total. The molecule has 2 rings (SSSR count). The van der Waals surface area contributed by atoms with E-state index >= 15 is 0 Å². The number of hydrogen-bond acceptors (Lipinski definition) is 3. The second-order valence-electron chi connectivity index (χ2n) is 4.97. The predicted octanol–water partition coefficient (Wildman–Crippen LogP) is 1.53. The minimum Gasteiger partial charge on any atom is -0.388 e. The molecular weight excluding hydrogens is 280 g/mol. The van der Waals surface area contributed by atoms with Gasteiger partial charge in [0, 0.05) is 12.1 Å². The Morgan fingerprint density at radius 2 is 1.68 bits per heavy atom. The molecule has 0 aliphatic carbocycles. The van der Waals surface area contributed by atoms with E-state index in [-0.39, 0.29) is 12.3 Å². The number of carbonyl (C=O) groups excluding carboxylic acids is 2. The van der Waals surface area contributed by atoms with E-state index < -0.39 is 12.0 Å². The first-order valence-corrected chi connectivity index (χ1v) is 6.94. The van der Waals surface area contributed by atoms with Crippen LogP contribution in [-0.4, -0.2) is 16.9 Å². The third-order valence-electron chi connectivity index (χ3n) is 3.29. The van der Waals surface area contributed by atoms with Crippen LogP contribution in [0.25, 0.3) is 0 Å². The number of carbonyl (C=O) groups is 2. The van der Waals surface area contributed by atoms with Crippen molar-refractivity contribution < 1.29 is 14.7 Å². The van der Waals surface area contributed by atoms with Crippen LogP contribution >= 0.6 is 0 Å².